The molecule has 2 aromatic rings. The van der Waals surface area contributed by atoms with Crippen LogP contribution in [0.2, 0.25) is 5.02 Å². The molecule has 1 amide bonds. The van der Waals surface area contributed by atoms with E-state index in [9.17, 15) is 4.79 Å². The third-order valence-corrected chi connectivity index (χ3v) is 6.75. The van der Waals surface area contributed by atoms with Crippen LogP contribution in [0.25, 0.3) is 0 Å². The Labute approximate surface area is 178 Å². The van der Waals surface area contributed by atoms with Crippen molar-refractivity contribution < 1.29 is 4.79 Å². The molecule has 2 aromatic carbocycles. The van der Waals surface area contributed by atoms with Gasteiger partial charge in [0.2, 0.25) is 5.91 Å². The Hall–Kier alpha value is -2.04. The standard InChI is InChI=1S/C24H30ClN3O/c25-21-10-8-20(9-11-21)24(12-4-5-13-24)23(29)26-14-15-27-16-18-28(19-17-27)22-6-2-1-3-7-22/h1-3,6-11H,4-5,12-19H2,(H,26,29). The Morgan fingerprint density at radius 2 is 1.59 bits per heavy atom. The number of benzene rings is 2. The van der Waals surface area contributed by atoms with E-state index in [0.717, 1.165) is 69.0 Å². The lowest BCUT2D eigenvalue weighted by atomic mass is 9.78. The lowest BCUT2D eigenvalue weighted by Gasteiger charge is -2.36. The quantitative estimate of drug-likeness (QED) is 0.777. The molecule has 0 bridgehead atoms. The van der Waals surface area contributed by atoms with Gasteiger partial charge >= 0.3 is 0 Å². The maximum Gasteiger partial charge on any atom is 0.230 e. The zero-order chi connectivity index (χ0) is 20.1. The highest BCUT2D eigenvalue weighted by Crippen LogP contribution is 2.41. The zero-order valence-corrected chi connectivity index (χ0v) is 17.7. The summed E-state index contributed by atoms with van der Waals surface area (Å²) in [5, 5.41) is 3.96. The number of piperazine rings is 1. The zero-order valence-electron chi connectivity index (χ0n) is 16.9. The van der Waals surface area contributed by atoms with Gasteiger partial charge in [-0.1, -0.05) is 54.8 Å². The van der Waals surface area contributed by atoms with Gasteiger partial charge in [-0.3, -0.25) is 9.69 Å². The van der Waals surface area contributed by atoms with Crippen molar-refractivity contribution in [1.82, 2.24) is 10.2 Å². The van der Waals surface area contributed by atoms with Crippen molar-refractivity contribution in [3.63, 3.8) is 0 Å². The van der Waals surface area contributed by atoms with Crippen molar-refractivity contribution in [3.8, 4) is 0 Å². The van der Waals surface area contributed by atoms with Crippen LogP contribution in [0.5, 0.6) is 0 Å². The second-order valence-corrected chi connectivity index (χ2v) is 8.65. The lowest BCUT2D eigenvalue weighted by Crippen LogP contribution is -2.50. The average Bonchev–Trinajstić information content (AvgIpc) is 3.26. The molecule has 1 saturated carbocycles. The second-order valence-electron chi connectivity index (χ2n) is 8.22. The van der Waals surface area contributed by atoms with Crippen LogP contribution in [0.4, 0.5) is 5.69 Å². The molecule has 0 spiro atoms. The number of nitrogens with zero attached hydrogens (tertiary/aromatic N) is 2. The molecule has 1 N–H and O–H groups in total. The minimum absolute atomic E-state index is 0.181. The molecule has 29 heavy (non-hydrogen) atoms. The smallest absolute Gasteiger partial charge is 0.230 e. The van der Waals surface area contributed by atoms with E-state index in [2.05, 4.69) is 45.4 Å². The van der Waals surface area contributed by atoms with Crippen molar-refractivity contribution in [1.29, 1.82) is 0 Å². The van der Waals surface area contributed by atoms with E-state index in [-0.39, 0.29) is 11.3 Å². The summed E-state index contributed by atoms with van der Waals surface area (Å²) >= 11 is 6.05. The number of rotatable bonds is 6. The van der Waals surface area contributed by atoms with Crippen LogP contribution in [0.1, 0.15) is 31.2 Å². The number of para-hydroxylation sites is 1. The number of anilines is 1. The van der Waals surface area contributed by atoms with Crippen molar-refractivity contribution in [2.24, 2.45) is 0 Å². The summed E-state index contributed by atoms with van der Waals surface area (Å²) < 4.78 is 0. The van der Waals surface area contributed by atoms with E-state index in [1.54, 1.807) is 0 Å². The molecule has 0 atom stereocenters. The van der Waals surface area contributed by atoms with E-state index < -0.39 is 0 Å². The Bertz CT molecular complexity index is 795. The van der Waals surface area contributed by atoms with Gasteiger partial charge in [-0.15, -0.1) is 0 Å². The van der Waals surface area contributed by atoms with Gasteiger partial charge in [-0.05, 0) is 42.7 Å². The minimum Gasteiger partial charge on any atom is -0.369 e. The largest absolute Gasteiger partial charge is 0.369 e. The number of carbonyl (C=O) groups is 1. The molecule has 4 nitrogen and oxygen atoms in total. The highest BCUT2D eigenvalue weighted by atomic mass is 35.5. The topological polar surface area (TPSA) is 35.6 Å². The highest BCUT2D eigenvalue weighted by molar-refractivity contribution is 6.30. The van der Waals surface area contributed by atoms with Crippen LogP contribution in [-0.4, -0.2) is 50.1 Å². The average molecular weight is 412 g/mol. The third kappa shape index (κ3) is 4.59. The number of amides is 1. The Morgan fingerprint density at radius 3 is 2.24 bits per heavy atom. The molecule has 1 aliphatic heterocycles. The first-order valence-corrected chi connectivity index (χ1v) is 11.1. The fourth-order valence-electron chi connectivity index (χ4n) is 4.76. The summed E-state index contributed by atoms with van der Waals surface area (Å²) in [4.78, 5) is 18.0. The van der Waals surface area contributed by atoms with E-state index >= 15 is 0 Å². The van der Waals surface area contributed by atoms with Gasteiger partial charge < -0.3 is 10.2 Å². The molecular weight excluding hydrogens is 382 g/mol. The van der Waals surface area contributed by atoms with Crippen LogP contribution in [0.15, 0.2) is 54.6 Å². The summed E-state index contributed by atoms with van der Waals surface area (Å²) in [7, 11) is 0. The van der Waals surface area contributed by atoms with Crippen LogP contribution < -0.4 is 10.2 Å². The molecule has 5 heteroatoms. The molecule has 1 heterocycles. The van der Waals surface area contributed by atoms with E-state index in [0.29, 0.717) is 6.54 Å². The fraction of sp³-hybridized carbons (Fsp3) is 0.458. The third-order valence-electron chi connectivity index (χ3n) is 6.50. The number of nitrogens with one attached hydrogen (secondary N) is 1. The van der Waals surface area contributed by atoms with Gasteiger partial charge in [-0.25, -0.2) is 0 Å². The highest BCUT2D eigenvalue weighted by Gasteiger charge is 2.42. The molecule has 0 radical (unpaired) electrons. The van der Waals surface area contributed by atoms with Crippen LogP contribution in [-0.2, 0) is 10.2 Å². The molecule has 154 valence electrons. The molecular formula is C24H30ClN3O. The second kappa shape index (κ2) is 9.19. The van der Waals surface area contributed by atoms with Gasteiger partial charge in [0.25, 0.3) is 0 Å². The number of halogens is 1. The Balaban J connectivity index is 1.28. The van der Waals surface area contributed by atoms with Gasteiger partial charge in [0.15, 0.2) is 0 Å². The maximum absolute atomic E-state index is 13.2. The van der Waals surface area contributed by atoms with Crippen molar-refractivity contribution >= 4 is 23.2 Å². The van der Waals surface area contributed by atoms with Crippen LogP contribution >= 0.6 is 11.6 Å². The van der Waals surface area contributed by atoms with Crippen molar-refractivity contribution in [2.75, 3.05) is 44.2 Å². The predicted molar refractivity (Wildman–Crippen MR) is 120 cm³/mol. The first-order chi connectivity index (χ1) is 14.2. The SMILES string of the molecule is O=C(NCCN1CCN(c2ccccc2)CC1)C1(c2ccc(Cl)cc2)CCCC1. The van der Waals surface area contributed by atoms with Crippen LogP contribution in [0, 0.1) is 0 Å². The summed E-state index contributed by atoms with van der Waals surface area (Å²) in [5.74, 6) is 0.181. The number of hydrogen-bond acceptors (Lipinski definition) is 3. The first-order valence-electron chi connectivity index (χ1n) is 10.7. The summed E-state index contributed by atoms with van der Waals surface area (Å²) in [6, 6.07) is 18.4. The molecule has 4 rings (SSSR count). The van der Waals surface area contributed by atoms with E-state index in [1.807, 2.05) is 24.3 Å². The molecule has 0 aromatic heterocycles. The molecule has 1 saturated heterocycles. The van der Waals surface area contributed by atoms with Gasteiger partial charge in [0.1, 0.15) is 0 Å². The van der Waals surface area contributed by atoms with Gasteiger partial charge in [-0.2, -0.15) is 0 Å². The summed E-state index contributed by atoms with van der Waals surface area (Å²) in [5.41, 5.74) is 2.02. The Morgan fingerprint density at radius 1 is 0.931 bits per heavy atom. The molecule has 1 aliphatic carbocycles. The molecule has 2 fully saturated rings. The number of carbonyl (C=O) groups excluding carboxylic acids is 1. The van der Waals surface area contributed by atoms with E-state index in [1.165, 1.54) is 5.69 Å². The Kier molecular flexibility index (Phi) is 6.41. The van der Waals surface area contributed by atoms with Gasteiger partial charge in [0, 0.05) is 50.0 Å². The lowest BCUT2D eigenvalue weighted by molar-refractivity contribution is -0.126. The fourth-order valence-corrected chi connectivity index (χ4v) is 4.89. The van der Waals surface area contributed by atoms with E-state index in [4.69, 9.17) is 11.6 Å². The minimum atomic E-state index is -0.378. The van der Waals surface area contributed by atoms with Crippen LogP contribution in [0.3, 0.4) is 0 Å². The first kappa shape index (κ1) is 20.2. The summed E-state index contributed by atoms with van der Waals surface area (Å²) in [6.07, 6.45) is 4.07. The van der Waals surface area contributed by atoms with Crippen molar-refractivity contribution in [2.45, 2.75) is 31.1 Å². The summed E-state index contributed by atoms with van der Waals surface area (Å²) in [6.45, 7) is 5.75. The normalized spacial score (nSPS) is 19.3. The molecule has 0 unspecified atom stereocenters. The maximum atomic E-state index is 13.2. The molecule has 2 aliphatic rings. The number of hydrogen-bond donors (Lipinski definition) is 1. The van der Waals surface area contributed by atoms with Crippen molar-refractivity contribution in [3.05, 3.63) is 65.2 Å². The monoisotopic (exact) mass is 411 g/mol. The van der Waals surface area contributed by atoms with Gasteiger partial charge in [0.05, 0.1) is 5.41 Å². The predicted octanol–water partition coefficient (Wildman–Crippen LogP) is 4.09.